The zero-order valence-electron chi connectivity index (χ0n) is 14.6. The van der Waals surface area contributed by atoms with Crippen molar-refractivity contribution >= 4 is 16.8 Å². The number of benzene rings is 1. The quantitative estimate of drug-likeness (QED) is 0.777. The van der Waals surface area contributed by atoms with Gasteiger partial charge in [0.2, 0.25) is 5.91 Å². The molecular formula is C20H24N4O. The molecule has 1 saturated heterocycles. The molecule has 0 saturated carbocycles. The lowest BCUT2D eigenvalue weighted by atomic mass is 10.1. The summed E-state index contributed by atoms with van der Waals surface area (Å²) in [4.78, 5) is 18.1. The van der Waals surface area contributed by atoms with Gasteiger partial charge in [0.05, 0.1) is 18.8 Å². The van der Waals surface area contributed by atoms with Crippen molar-refractivity contribution < 1.29 is 4.79 Å². The molecule has 1 fully saturated rings. The van der Waals surface area contributed by atoms with E-state index in [0.29, 0.717) is 6.42 Å². The molecule has 0 bridgehead atoms. The van der Waals surface area contributed by atoms with E-state index in [0.717, 1.165) is 43.4 Å². The van der Waals surface area contributed by atoms with E-state index >= 15 is 0 Å². The second-order valence-electron chi connectivity index (χ2n) is 6.98. The summed E-state index contributed by atoms with van der Waals surface area (Å²) >= 11 is 0. The third-order valence-corrected chi connectivity index (χ3v) is 5.14. The average molecular weight is 336 g/mol. The van der Waals surface area contributed by atoms with Crippen LogP contribution in [0.25, 0.3) is 10.9 Å². The highest BCUT2D eigenvalue weighted by Gasteiger charge is 2.28. The second kappa shape index (κ2) is 6.75. The highest BCUT2D eigenvalue weighted by molar-refractivity contribution is 5.84. The van der Waals surface area contributed by atoms with E-state index in [9.17, 15) is 4.79 Å². The van der Waals surface area contributed by atoms with Gasteiger partial charge in [-0.1, -0.05) is 18.2 Å². The van der Waals surface area contributed by atoms with Crippen LogP contribution in [-0.4, -0.2) is 38.2 Å². The molecule has 0 aliphatic carbocycles. The van der Waals surface area contributed by atoms with Gasteiger partial charge in [0.25, 0.3) is 0 Å². The van der Waals surface area contributed by atoms with E-state index < -0.39 is 0 Å². The monoisotopic (exact) mass is 336 g/mol. The second-order valence-corrected chi connectivity index (χ2v) is 6.98. The zero-order valence-corrected chi connectivity index (χ0v) is 14.6. The van der Waals surface area contributed by atoms with Crippen LogP contribution in [0.4, 0.5) is 0 Å². The zero-order chi connectivity index (χ0) is 17.2. The lowest BCUT2D eigenvalue weighted by Gasteiger charge is -2.24. The molecule has 130 valence electrons. The third kappa shape index (κ3) is 3.31. The fourth-order valence-corrected chi connectivity index (χ4v) is 3.86. The molecule has 25 heavy (non-hydrogen) atoms. The summed E-state index contributed by atoms with van der Waals surface area (Å²) in [6.07, 6.45) is 9.46. The molecule has 1 N–H and O–H groups in total. The molecule has 1 amide bonds. The number of likely N-dealkylation sites (tertiary alicyclic amines) is 1. The Balaban J connectivity index is 1.39. The van der Waals surface area contributed by atoms with Crippen LogP contribution in [0, 0.1) is 6.92 Å². The number of aryl methyl sites for hydroxylation is 2. The van der Waals surface area contributed by atoms with Crippen LogP contribution >= 0.6 is 0 Å². The number of aromatic amines is 1. The number of rotatable bonds is 5. The topological polar surface area (TPSA) is 53.9 Å². The third-order valence-electron chi connectivity index (χ3n) is 5.14. The molecule has 4 rings (SSSR count). The van der Waals surface area contributed by atoms with E-state index in [-0.39, 0.29) is 11.9 Å². The van der Waals surface area contributed by atoms with Crippen LogP contribution in [0.5, 0.6) is 0 Å². The van der Waals surface area contributed by atoms with Crippen LogP contribution in [0.1, 0.15) is 30.4 Å². The predicted octanol–water partition coefficient (Wildman–Crippen LogP) is 3.30. The molecule has 3 aromatic rings. The Morgan fingerprint density at radius 2 is 2.24 bits per heavy atom. The summed E-state index contributed by atoms with van der Waals surface area (Å²) in [5, 5.41) is 5.59. The molecular weight excluding hydrogens is 312 g/mol. The minimum absolute atomic E-state index is 0.261. The van der Waals surface area contributed by atoms with Gasteiger partial charge in [0, 0.05) is 36.3 Å². The largest absolute Gasteiger partial charge is 0.361 e. The Labute approximate surface area is 147 Å². The molecule has 1 aliphatic heterocycles. The first kappa shape index (κ1) is 15.9. The van der Waals surface area contributed by atoms with Gasteiger partial charge in [-0.25, -0.2) is 0 Å². The van der Waals surface area contributed by atoms with Crippen molar-refractivity contribution in [2.24, 2.45) is 0 Å². The van der Waals surface area contributed by atoms with Crippen LogP contribution in [0.2, 0.25) is 0 Å². The number of carbonyl (C=O) groups is 1. The minimum Gasteiger partial charge on any atom is -0.361 e. The predicted molar refractivity (Wildman–Crippen MR) is 98.3 cm³/mol. The lowest BCUT2D eigenvalue weighted by molar-refractivity contribution is -0.132. The number of nitrogens with one attached hydrogen (secondary N) is 1. The van der Waals surface area contributed by atoms with Gasteiger partial charge in [-0.05, 0) is 43.4 Å². The van der Waals surface area contributed by atoms with Gasteiger partial charge in [0.15, 0.2) is 0 Å². The normalized spacial score (nSPS) is 17.5. The van der Waals surface area contributed by atoms with Crippen LogP contribution < -0.4 is 0 Å². The Hall–Kier alpha value is -2.56. The number of hydrogen-bond acceptors (Lipinski definition) is 2. The van der Waals surface area contributed by atoms with E-state index in [4.69, 9.17) is 0 Å². The van der Waals surface area contributed by atoms with Gasteiger partial charge >= 0.3 is 0 Å². The van der Waals surface area contributed by atoms with Gasteiger partial charge in [0.1, 0.15) is 0 Å². The van der Waals surface area contributed by atoms with Gasteiger partial charge in [-0.3, -0.25) is 9.48 Å². The van der Waals surface area contributed by atoms with Gasteiger partial charge < -0.3 is 9.88 Å². The number of H-pyrrole nitrogens is 1. The van der Waals surface area contributed by atoms with E-state index in [2.05, 4.69) is 27.1 Å². The molecule has 0 unspecified atom stereocenters. The lowest BCUT2D eigenvalue weighted by Crippen LogP contribution is -2.38. The Bertz CT molecular complexity index is 879. The molecule has 1 aromatic carbocycles. The first-order chi connectivity index (χ1) is 12.2. The molecule has 1 aliphatic rings. The standard InChI is InChI=1S/C20H24N4O/c1-15-11-22-23(13-15)14-17-5-4-10-24(17)20(25)9-8-16-12-21-19-7-3-2-6-18(16)19/h2-3,6-7,11-13,17,21H,4-5,8-10,14H2,1H3/t17-/m1/s1. The van der Waals surface area contributed by atoms with E-state index in [1.807, 2.05) is 42.3 Å². The number of carbonyl (C=O) groups excluding carboxylic acids is 1. The van der Waals surface area contributed by atoms with Crippen LogP contribution in [-0.2, 0) is 17.8 Å². The van der Waals surface area contributed by atoms with E-state index in [1.54, 1.807) is 0 Å². The van der Waals surface area contributed by atoms with Crippen LogP contribution in [0.15, 0.2) is 42.9 Å². The molecule has 1 atom stereocenters. The smallest absolute Gasteiger partial charge is 0.223 e. The number of hydrogen-bond donors (Lipinski definition) is 1. The van der Waals surface area contributed by atoms with Gasteiger partial charge in [-0.15, -0.1) is 0 Å². The molecule has 5 nitrogen and oxygen atoms in total. The van der Waals surface area contributed by atoms with Crippen molar-refractivity contribution in [2.45, 2.75) is 45.2 Å². The van der Waals surface area contributed by atoms with Gasteiger partial charge in [-0.2, -0.15) is 5.10 Å². The fourth-order valence-electron chi connectivity index (χ4n) is 3.86. The maximum absolute atomic E-state index is 12.8. The van der Waals surface area contributed by atoms with Crippen molar-refractivity contribution in [3.63, 3.8) is 0 Å². The van der Waals surface area contributed by atoms with Crippen molar-refractivity contribution in [1.82, 2.24) is 19.7 Å². The SMILES string of the molecule is Cc1cnn(C[C@H]2CCCN2C(=O)CCc2c[nH]c3ccccc23)c1. The summed E-state index contributed by atoms with van der Waals surface area (Å²) in [6.45, 7) is 3.71. The summed E-state index contributed by atoms with van der Waals surface area (Å²) in [6, 6.07) is 8.53. The summed E-state index contributed by atoms with van der Waals surface area (Å²) in [5.41, 5.74) is 3.52. The van der Waals surface area contributed by atoms with Crippen LogP contribution in [0.3, 0.4) is 0 Å². The molecule has 0 spiro atoms. The maximum Gasteiger partial charge on any atom is 0.223 e. The molecule has 3 heterocycles. The van der Waals surface area contributed by atoms with Crippen molar-refractivity contribution in [2.75, 3.05) is 6.54 Å². The highest BCUT2D eigenvalue weighted by Crippen LogP contribution is 2.23. The molecule has 2 aromatic heterocycles. The number of para-hydroxylation sites is 1. The van der Waals surface area contributed by atoms with Crippen molar-refractivity contribution in [3.05, 3.63) is 54.0 Å². The molecule has 0 radical (unpaired) electrons. The van der Waals surface area contributed by atoms with Crippen molar-refractivity contribution in [1.29, 1.82) is 0 Å². The summed E-state index contributed by atoms with van der Waals surface area (Å²) in [5.74, 6) is 0.261. The first-order valence-electron chi connectivity index (χ1n) is 9.04. The fraction of sp³-hybridized carbons (Fsp3) is 0.400. The average Bonchev–Trinajstić information content (AvgIpc) is 3.33. The summed E-state index contributed by atoms with van der Waals surface area (Å²) < 4.78 is 1.96. The first-order valence-corrected chi connectivity index (χ1v) is 9.04. The Kier molecular flexibility index (Phi) is 4.30. The number of amides is 1. The highest BCUT2D eigenvalue weighted by atomic mass is 16.2. The number of aromatic nitrogens is 3. The number of nitrogens with zero attached hydrogens (tertiary/aromatic N) is 3. The Morgan fingerprint density at radius 3 is 3.08 bits per heavy atom. The number of fused-ring (bicyclic) bond motifs is 1. The Morgan fingerprint density at radius 1 is 1.36 bits per heavy atom. The summed E-state index contributed by atoms with van der Waals surface area (Å²) in [7, 11) is 0. The maximum atomic E-state index is 12.8. The minimum atomic E-state index is 0.261. The van der Waals surface area contributed by atoms with Crippen molar-refractivity contribution in [3.8, 4) is 0 Å². The molecule has 5 heteroatoms. The van der Waals surface area contributed by atoms with E-state index in [1.165, 1.54) is 10.9 Å².